The molecule has 1 N–H and O–H groups in total. The van der Waals surface area contributed by atoms with Gasteiger partial charge < -0.3 is 10.2 Å². The summed E-state index contributed by atoms with van der Waals surface area (Å²) in [6.07, 6.45) is 0. The molecule has 0 spiro atoms. The standard InChI is InChI=1S/C12H17FN2/c1-10(8-14-2)9-15(3)12-6-4-5-11(13)7-12/h4-7,14H,1,8-9H2,2-3H3. The van der Waals surface area contributed by atoms with Crippen molar-refractivity contribution in [1.29, 1.82) is 0 Å². The largest absolute Gasteiger partial charge is 0.370 e. The lowest BCUT2D eigenvalue weighted by Crippen LogP contribution is -2.24. The molecule has 0 saturated carbocycles. The fraction of sp³-hybridized carbons (Fsp3) is 0.333. The number of benzene rings is 1. The molecule has 0 amide bonds. The van der Waals surface area contributed by atoms with Gasteiger partial charge in [0.1, 0.15) is 5.82 Å². The summed E-state index contributed by atoms with van der Waals surface area (Å²) < 4.78 is 13.0. The molecule has 1 rings (SSSR count). The molecular formula is C12H17FN2. The minimum absolute atomic E-state index is 0.210. The van der Waals surface area contributed by atoms with Crippen molar-refractivity contribution in [3.05, 3.63) is 42.2 Å². The van der Waals surface area contributed by atoms with E-state index >= 15 is 0 Å². The Morgan fingerprint density at radius 1 is 1.53 bits per heavy atom. The number of nitrogens with one attached hydrogen (secondary N) is 1. The van der Waals surface area contributed by atoms with Gasteiger partial charge in [0.2, 0.25) is 0 Å². The van der Waals surface area contributed by atoms with E-state index in [1.807, 2.05) is 25.1 Å². The second-order valence-corrected chi connectivity index (χ2v) is 3.62. The molecule has 0 aliphatic heterocycles. The van der Waals surface area contributed by atoms with E-state index in [0.29, 0.717) is 0 Å². The first kappa shape index (κ1) is 11.7. The van der Waals surface area contributed by atoms with Gasteiger partial charge >= 0.3 is 0 Å². The summed E-state index contributed by atoms with van der Waals surface area (Å²) in [5.41, 5.74) is 1.94. The van der Waals surface area contributed by atoms with Crippen LogP contribution in [0.25, 0.3) is 0 Å². The summed E-state index contributed by atoms with van der Waals surface area (Å²) in [6, 6.07) is 6.56. The molecule has 1 aromatic rings. The predicted octanol–water partition coefficient (Wildman–Crippen LogP) is 2.04. The van der Waals surface area contributed by atoms with Crippen molar-refractivity contribution < 1.29 is 4.39 Å². The number of likely N-dealkylation sites (N-methyl/N-ethyl adjacent to an activating group) is 2. The van der Waals surface area contributed by atoms with E-state index in [0.717, 1.165) is 24.4 Å². The van der Waals surface area contributed by atoms with E-state index in [9.17, 15) is 4.39 Å². The van der Waals surface area contributed by atoms with Crippen molar-refractivity contribution in [1.82, 2.24) is 5.32 Å². The van der Waals surface area contributed by atoms with Crippen LogP contribution in [-0.2, 0) is 0 Å². The Labute approximate surface area is 90.4 Å². The third-order valence-electron chi connectivity index (χ3n) is 2.14. The molecule has 15 heavy (non-hydrogen) atoms. The van der Waals surface area contributed by atoms with E-state index in [2.05, 4.69) is 11.9 Å². The maximum atomic E-state index is 13.0. The topological polar surface area (TPSA) is 15.3 Å². The number of anilines is 1. The summed E-state index contributed by atoms with van der Waals surface area (Å²) in [5.74, 6) is -0.210. The highest BCUT2D eigenvalue weighted by Crippen LogP contribution is 2.14. The smallest absolute Gasteiger partial charge is 0.125 e. The van der Waals surface area contributed by atoms with Gasteiger partial charge in [-0.25, -0.2) is 4.39 Å². The quantitative estimate of drug-likeness (QED) is 0.745. The monoisotopic (exact) mass is 208 g/mol. The fourth-order valence-corrected chi connectivity index (χ4v) is 1.45. The van der Waals surface area contributed by atoms with Crippen molar-refractivity contribution in [2.45, 2.75) is 0 Å². The van der Waals surface area contributed by atoms with Crippen LogP contribution in [-0.4, -0.2) is 27.2 Å². The van der Waals surface area contributed by atoms with Crippen molar-refractivity contribution >= 4 is 5.69 Å². The van der Waals surface area contributed by atoms with E-state index in [-0.39, 0.29) is 5.82 Å². The number of halogens is 1. The van der Waals surface area contributed by atoms with Gasteiger partial charge in [-0.3, -0.25) is 0 Å². The molecule has 0 bridgehead atoms. The first-order valence-electron chi connectivity index (χ1n) is 4.91. The molecule has 82 valence electrons. The Balaban J connectivity index is 2.60. The Morgan fingerprint density at radius 3 is 2.87 bits per heavy atom. The first-order valence-corrected chi connectivity index (χ1v) is 4.91. The van der Waals surface area contributed by atoms with Gasteiger partial charge in [-0.1, -0.05) is 12.6 Å². The third kappa shape index (κ3) is 3.72. The molecule has 0 aliphatic rings. The van der Waals surface area contributed by atoms with Gasteiger partial charge in [0, 0.05) is 25.8 Å². The number of rotatable bonds is 5. The highest BCUT2D eigenvalue weighted by Gasteiger charge is 2.03. The second kappa shape index (κ2) is 5.51. The van der Waals surface area contributed by atoms with Crippen molar-refractivity contribution in [2.75, 3.05) is 32.1 Å². The molecule has 3 heteroatoms. The zero-order valence-corrected chi connectivity index (χ0v) is 9.26. The third-order valence-corrected chi connectivity index (χ3v) is 2.14. The summed E-state index contributed by atoms with van der Waals surface area (Å²) in [5, 5.41) is 3.04. The maximum Gasteiger partial charge on any atom is 0.125 e. The van der Waals surface area contributed by atoms with Gasteiger partial charge in [-0.05, 0) is 30.8 Å². The average molecular weight is 208 g/mol. The maximum absolute atomic E-state index is 13.0. The lowest BCUT2D eigenvalue weighted by molar-refractivity contribution is 0.627. The van der Waals surface area contributed by atoms with Crippen LogP contribution < -0.4 is 10.2 Å². The van der Waals surface area contributed by atoms with Crippen LogP contribution in [0.15, 0.2) is 36.4 Å². The molecule has 0 aromatic heterocycles. The molecule has 0 fully saturated rings. The van der Waals surface area contributed by atoms with Crippen LogP contribution in [0.2, 0.25) is 0 Å². The highest BCUT2D eigenvalue weighted by molar-refractivity contribution is 5.46. The molecule has 2 nitrogen and oxygen atoms in total. The minimum atomic E-state index is -0.210. The molecular weight excluding hydrogens is 191 g/mol. The van der Waals surface area contributed by atoms with Crippen LogP contribution in [0.4, 0.5) is 10.1 Å². The number of hydrogen-bond donors (Lipinski definition) is 1. The molecule has 0 radical (unpaired) electrons. The minimum Gasteiger partial charge on any atom is -0.370 e. The zero-order chi connectivity index (χ0) is 11.3. The molecule has 0 atom stereocenters. The molecule has 0 saturated heterocycles. The average Bonchev–Trinajstić information content (AvgIpc) is 2.18. The second-order valence-electron chi connectivity index (χ2n) is 3.62. The van der Waals surface area contributed by atoms with E-state index < -0.39 is 0 Å². The van der Waals surface area contributed by atoms with Crippen LogP contribution in [0.5, 0.6) is 0 Å². The van der Waals surface area contributed by atoms with Crippen molar-refractivity contribution in [3.8, 4) is 0 Å². The number of nitrogens with zero attached hydrogens (tertiary/aromatic N) is 1. The Hall–Kier alpha value is -1.35. The Kier molecular flexibility index (Phi) is 4.31. The van der Waals surface area contributed by atoms with Gasteiger partial charge in [0.15, 0.2) is 0 Å². The predicted molar refractivity (Wildman–Crippen MR) is 62.7 cm³/mol. The Morgan fingerprint density at radius 2 is 2.27 bits per heavy atom. The highest BCUT2D eigenvalue weighted by atomic mass is 19.1. The number of hydrogen-bond acceptors (Lipinski definition) is 2. The summed E-state index contributed by atoms with van der Waals surface area (Å²) >= 11 is 0. The normalized spacial score (nSPS) is 10.1. The van der Waals surface area contributed by atoms with E-state index in [4.69, 9.17) is 0 Å². The molecule has 0 unspecified atom stereocenters. The molecule has 0 heterocycles. The van der Waals surface area contributed by atoms with Gasteiger partial charge in [0.25, 0.3) is 0 Å². The first-order chi connectivity index (χ1) is 7.13. The SMILES string of the molecule is C=C(CNC)CN(C)c1cccc(F)c1. The van der Waals surface area contributed by atoms with Crippen LogP contribution in [0.1, 0.15) is 0 Å². The Bertz CT molecular complexity index is 336. The van der Waals surface area contributed by atoms with Crippen LogP contribution in [0.3, 0.4) is 0 Å². The van der Waals surface area contributed by atoms with Crippen molar-refractivity contribution in [3.63, 3.8) is 0 Å². The van der Waals surface area contributed by atoms with Gasteiger partial charge in [-0.2, -0.15) is 0 Å². The van der Waals surface area contributed by atoms with Gasteiger partial charge in [-0.15, -0.1) is 0 Å². The lowest BCUT2D eigenvalue weighted by Gasteiger charge is -2.20. The fourth-order valence-electron chi connectivity index (χ4n) is 1.45. The summed E-state index contributed by atoms with van der Waals surface area (Å²) in [4.78, 5) is 1.97. The van der Waals surface area contributed by atoms with Crippen molar-refractivity contribution in [2.24, 2.45) is 0 Å². The lowest BCUT2D eigenvalue weighted by atomic mass is 10.2. The van der Waals surface area contributed by atoms with E-state index in [1.54, 1.807) is 6.07 Å². The summed E-state index contributed by atoms with van der Waals surface area (Å²) in [6.45, 7) is 5.44. The van der Waals surface area contributed by atoms with Crippen LogP contribution >= 0.6 is 0 Å². The van der Waals surface area contributed by atoms with Gasteiger partial charge in [0.05, 0.1) is 0 Å². The summed E-state index contributed by atoms with van der Waals surface area (Å²) in [7, 11) is 3.81. The zero-order valence-electron chi connectivity index (χ0n) is 9.26. The van der Waals surface area contributed by atoms with Crippen LogP contribution in [0, 0.1) is 5.82 Å². The molecule has 0 aliphatic carbocycles. The van der Waals surface area contributed by atoms with E-state index in [1.165, 1.54) is 12.1 Å². The molecule has 1 aromatic carbocycles.